The van der Waals surface area contributed by atoms with Crippen LogP contribution in [0.5, 0.6) is 0 Å². The molecule has 0 aliphatic carbocycles. The molecule has 5 nitrogen and oxygen atoms in total. The Kier molecular flexibility index (Phi) is 9.35. The van der Waals surface area contributed by atoms with Crippen LogP contribution in [-0.2, 0) is 6.54 Å². The van der Waals surface area contributed by atoms with E-state index in [2.05, 4.69) is 27.7 Å². The van der Waals surface area contributed by atoms with Crippen LogP contribution in [0.15, 0.2) is 45.9 Å². The highest BCUT2D eigenvalue weighted by atomic mass is 127. The summed E-state index contributed by atoms with van der Waals surface area (Å²) in [7, 11) is 1.77. The molecule has 0 saturated heterocycles. The second-order valence-electron chi connectivity index (χ2n) is 5.11. The summed E-state index contributed by atoms with van der Waals surface area (Å²) in [5.41, 5.74) is 1.89. The second kappa shape index (κ2) is 11.0. The molecule has 2 aromatic rings. The van der Waals surface area contributed by atoms with Gasteiger partial charge >= 0.3 is 0 Å². The maximum absolute atomic E-state index is 5.38. The van der Waals surface area contributed by atoms with Crippen molar-refractivity contribution < 1.29 is 4.52 Å². The number of halogens is 1. The number of hydrogen-bond acceptors (Lipinski definition) is 3. The molecule has 0 amide bonds. The number of nitrogens with one attached hydrogen (secondary N) is 2. The Morgan fingerprint density at radius 2 is 1.96 bits per heavy atom. The predicted octanol–water partition coefficient (Wildman–Crippen LogP) is 3.81. The van der Waals surface area contributed by atoms with Gasteiger partial charge in [0.05, 0.1) is 6.54 Å². The molecule has 0 saturated carbocycles. The zero-order chi connectivity index (χ0) is 15.6. The molecule has 0 atom stereocenters. The van der Waals surface area contributed by atoms with Crippen molar-refractivity contribution in [2.45, 2.75) is 32.7 Å². The highest BCUT2D eigenvalue weighted by molar-refractivity contribution is 14.0. The van der Waals surface area contributed by atoms with Crippen molar-refractivity contribution in [3.05, 3.63) is 42.1 Å². The molecule has 0 fully saturated rings. The summed E-state index contributed by atoms with van der Waals surface area (Å²) in [6, 6.07) is 11.9. The molecular weight excluding hydrogens is 403 g/mol. The fourth-order valence-corrected chi connectivity index (χ4v) is 2.11. The van der Waals surface area contributed by atoms with Crippen molar-refractivity contribution in [1.29, 1.82) is 0 Å². The molecule has 1 aromatic carbocycles. The summed E-state index contributed by atoms with van der Waals surface area (Å²) in [4.78, 5) is 4.20. The molecule has 126 valence electrons. The standard InChI is InChI=1S/C17H24N4O.HI/c1-3-4-8-11-19-17(18-2)20-13-15-12-16(22-21-15)14-9-6-5-7-10-14;/h5-7,9-10,12H,3-4,8,11,13H2,1-2H3,(H2,18,19,20);1H. The van der Waals surface area contributed by atoms with Crippen molar-refractivity contribution >= 4 is 29.9 Å². The summed E-state index contributed by atoms with van der Waals surface area (Å²) in [5, 5.41) is 10.6. The van der Waals surface area contributed by atoms with E-state index in [0.717, 1.165) is 35.9 Å². The highest BCUT2D eigenvalue weighted by Gasteiger charge is 2.06. The van der Waals surface area contributed by atoms with Crippen LogP contribution >= 0.6 is 24.0 Å². The number of unbranched alkanes of at least 4 members (excludes halogenated alkanes) is 2. The van der Waals surface area contributed by atoms with Crippen molar-refractivity contribution in [2.24, 2.45) is 4.99 Å². The molecule has 1 aromatic heterocycles. The second-order valence-corrected chi connectivity index (χ2v) is 5.11. The van der Waals surface area contributed by atoms with Crippen molar-refractivity contribution in [3.63, 3.8) is 0 Å². The third-order valence-electron chi connectivity index (χ3n) is 3.35. The number of aliphatic imine (C=N–C) groups is 1. The Bertz CT molecular complexity index is 583. The van der Waals surface area contributed by atoms with E-state index in [-0.39, 0.29) is 24.0 Å². The van der Waals surface area contributed by atoms with E-state index >= 15 is 0 Å². The predicted molar refractivity (Wildman–Crippen MR) is 105 cm³/mol. The molecule has 6 heteroatoms. The number of benzene rings is 1. The van der Waals surface area contributed by atoms with E-state index in [9.17, 15) is 0 Å². The van der Waals surface area contributed by atoms with Gasteiger partial charge in [0.1, 0.15) is 5.69 Å². The van der Waals surface area contributed by atoms with Gasteiger partial charge in [0.2, 0.25) is 0 Å². The fraction of sp³-hybridized carbons (Fsp3) is 0.412. The van der Waals surface area contributed by atoms with E-state index in [1.165, 1.54) is 12.8 Å². The molecule has 0 aliphatic rings. The van der Waals surface area contributed by atoms with Gasteiger partial charge in [-0.15, -0.1) is 24.0 Å². The summed E-state index contributed by atoms with van der Waals surface area (Å²) in [6.07, 6.45) is 3.60. The van der Waals surface area contributed by atoms with Gasteiger partial charge in [0.25, 0.3) is 0 Å². The summed E-state index contributed by atoms with van der Waals surface area (Å²) < 4.78 is 5.38. The average Bonchev–Trinajstić information content (AvgIpc) is 3.04. The third-order valence-corrected chi connectivity index (χ3v) is 3.35. The van der Waals surface area contributed by atoms with Crippen LogP contribution in [0, 0.1) is 0 Å². The molecule has 0 unspecified atom stereocenters. The SMILES string of the molecule is CCCCCNC(=NC)NCc1cc(-c2ccccc2)on1.I. The van der Waals surface area contributed by atoms with Crippen LogP contribution in [-0.4, -0.2) is 24.7 Å². The first-order valence-electron chi connectivity index (χ1n) is 7.79. The van der Waals surface area contributed by atoms with E-state index in [1.54, 1.807) is 7.05 Å². The Morgan fingerprint density at radius 3 is 2.65 bits per heavy atom. The highest BCUT2D eigenvalue weighted by Crippen LogP contribution is 2.19. The van der Waals surface area contributed by atoms with Crippen LogP contribution in [0.2, 0.25) is 0 Å². The van der Waals surface area contributed by atoms with E-state index in [1.807, 2.05) is 36.4 Å². The Hall–Kier alpha value is -1.57. The molecule has 23 heavy (non-hydrogen) atoms. The minimum absolute atomic E-state index is 0. The number of guanidine groups is 1. The van der Waals surface area contributed by atoms with Crippen molar-refractivity contribution in [1.82, 2.24) is 15.8 Å². The lowest BCUT2D eigenvalue weighted by atomic mass is 10.2. The van der Waals surface area contributed by atoms with E-state index in [4.69, 9.17) is 4.52 Å². The number of aromatic nitrogens is 1. The normalized spacial score (nSPS) is 11.0. The molecule has 0 spiro atoms. The average molecular weight is 428 g/mol. The van der Waals surface area contributed by atoms with Gasteiger partial charge in [-0.05, 0) is 6.42 Å². The van der Waals surface area contributed by atoms with E-state index in [0.29, 0.717) is 6.54 Å². The Labute approximate surface area is 155 Å². The third kappa shape index (κ3) is 6.60. The minimum Gasteiger partial charge on any atom is -0.356 e. The molecular formula is C17H25IN4O. The quantitative estimate of drug-likeness (QED) is 0.305. The molecule has 1 heterocycles. The molecule has 2 N–H and O–H groups in total. The Morgan fingerprint density at radius 1 is 1.17 bits per heavy atom. The van der Waals surface area contributed by atoms with E-state index < -0.39 is 0 Å². The van der Waals surface area contributed by atoms with Crippen molar-refractivity contribution in [3.8, 4) is 11.3 Å². The maximum atomic E-state index is 5.38. The van der Waals surface area contributed by atoms with Gasteiger partial charge in [0.15, 0.2) is 11.7 Å². The Balaban J connectivity index is 0.00000264. The lowest BCUT2D eigenvalue weighted by molar-refractivity contribution is 0.422. The summed E-state index contributed by atoms with van der Waals surface area (Å²) >= 11 is 0. The van der Waals surface area contributed by atoms with Crippen LogP contribution < -0.4 is 10.6 Å². The van der Waals surface area contributed by atoms with Crippen LogP contribution in [0.1, 0.15) is 31.9 Å². The van der Waals surface area contributed by atoms with Crippen LogP contribution in [0.25, 0.3) is 11.3 Å². The monoisotopic (exact) mass is 428 g/mol. The first kappa shape index (κ1) is 19.5. The molecule has 0 radical (unpaired) electrons. The maximum Gasteiger partial charge on any atom is 0.191 e. The smallest absolute Gasteiger partial charge is 0.191 e. The summed E-state index contributed by atoms with van der Waals surface area (Å²) in [5.74, 6) is 1.57. The topological polar surface area (TPSA) is 62.5 Å². The molecule has 2 rings (SSSR count). The number of hydrogen-bond donors (Lipinski definition) is 2. The lowest BCUT2D eigenvalue weighted by Crippen LogP contribution is -2.37. The lowest BCUT2D eigenvalue weighted by Gasteiger charge is -2.10. The summed E-state index contributed by atoms with van der Waals surface area (Å²) in [6.45, 7) is 3.72. The van der Waals surface area contributed by atoms with Gasteiger partial charge in [-0.1, -0.05) is 55.3 Å². The minimum atomic E-state index is 0. The molecule has 0 aliphatic heterocycles. The van der Waals surface area contributed by atoms with Gasteiger partial charge in [-0.3, -0.25) is 4.99 Å². The molecule has 0 bridgehead atoms. The van der Waals surface area contributed by atoms with Gasteiger partial charge in [-0.2, -0.15) is 0 Å². The van der Waals surface area contributed by atoms with Gasteiger partial charge < -0.3 is 15.2 Å². The van der Waals surface area contributed by atoms with Gasteiger partial charge in [-0.25, -0.2) is 0 Å². The van der Waals surface area contributed by atoms with Crippen molar-refractivity contribution in [2.75, 3.05) is 13.6 Å². The largest absolute Gasteiger partial charge is 0.356 e. The van der Waals surface area contributed by atoms with Gasteiger partial charge in [0, 0.05) is 25.2 Å². The number of rotatable bonds is 7. The first-order chi connectivity index (χ1) is 10.8. The van der Waals surface area contributed by atoms with Crippen LogP contribution in [0.3, 0.4) is 0 Å². The van der Waals surface area contributed by atoms with Crippen LogP contribution in [0.4, 0.5) is 0 Å². The fourth-order valence-electron chi connectivity index (χ4n) is 2.11. The zero-order valence-corrected chi connectivity index (χ0v) is 16.0. The first-order valence-corrected chi connectivity index (χ1v) is 7.79. The zero-order valence-electron chi connectivity index (χ0n) is 13.7. The number of nitrogens with zero attached hydrogens (tertiary/aromatic N) is 2.